The summed E-state index contributed by atoms with van der Waals surface area (Å²) in [5.74, 6) is 1.70. The monoisotopic (exact) mass is 248 g/mol. The van der Waals surface area contributed by atoms with Crippen molar-refractivity contribution in [3.05, 3.63) is 22.8 Å². The number of anilines is 1. The lowest BCUT2D eigenvalue weighted by Gasteiger charge is -2.33. The Morgan fingerprint density at radius 1 is 1.28 bits per heavy atom. The van der Waals surface area contributed by atoms with Gasteiger partial charge in [0, 0.05) is 12.6 Å². The molecular formula is C15H24N2O. The molecule has 2 rings (SSSR count). The minimum atomic E-state index is 0.416. The van der Waals surface area contributed by atoms with Gasteiger partial charge in [-0.05, 0) is 56.2 Å². The van der Waals surface area contributed by atoms with Crippen LogP contribution < -0.4 is 15.8 Å². The van der Waals surface area contributed by atoms with Crippen molar-refractivity contribution >= 4 is 5.69 Å². The smallest absolute Gasteiger partial charge is 0.145 e. The van der Waals surface area contributed by atoms with E-state index in [1.165, 1.54) is 16.7 Å². The molecular weight excluding hydrogens is 224 g/mol. The molecule has 0 bridgehead atoms. The van der Waals surface area contributed by atoms with Crippen LogP contribution in [0.25, 0.3) is 0 Å². The van der Waals surface area contributed by atoms with Crippen molar-refractivity contribution < 1.29 is 4.74 Å². The third-order valence-corrected chi connectivity index (χ3v) is 4.03. The Labute approximate surface area is 110 Å². The minimum Gasteiger partial charge on any atom is -0.494 e. The molecule has 1 fully saturated rings. The van der Waals surface area contributed by atoms with Crippen molar-refractivity contribution in [2.75, 3.05) is 19.0 Å². The van der Waals surface area contributed by atoms with Crippen molar-refractivity contribution in [3.63, 3.8) is 0 Å². The highest BCUT2D eigenvalue weighted by atomic mass is 16.5. The van der Waals surface area contributed by atoms with Gasteiger partial charge in [-0.1, -0.05) is 6.07 Å². The van der Waals surface area contributed by atoms with Gasteiger partial charge in [0.25, 0.3) is 0 Å². The largest absolute Gasteiger partial charge is 0.494 e. The van der Waals surface area contributed by atoms with Gasteiger partial charge in [0.05, 0.1) is 12.8 Å². The lowest BCUT2D eigenvalue weighted by molar-refractivity contribution is 0.279. The quantitative estimate of drug-likeness (QED) is 0.861. The van der Waals surface area contributed by atoms with Crippen LogP contribution in [0.1, 0.15) is 29.5 Å². The summed E-state index contributed by atoms with van der Waals surface area (Å²) in [4.78, 5) is 0. The number of aryl methyl sites for hydroxylation is 2. The van der Waals surface area contributed by atoms with E-state index >= 15 is 0 Å². The average Bonchev–Trinajstić information content (AvgIpc) is 2.29. The summed E-state index contributed by atoms with van der Waals surface area (Å²) < 4.78 is 5.56. The Morgan fingerprint density at radius 2 is 1.94 bits per heavy atom. The molecule has 0 radical (unpaired) electrons. The van der Waals surface area contributed by atoms with E-state index in [1.807, 2.05) is 0 Å². The highest BCUT2D eigenvalue weighted by molar-refractivity contribution is 5.66. The maximum atomic E-state index is 5.82. The third kappa shape index (κ3) is 2.46. The van der Waals surface area contributed by atoms with E-state index in [9.17, 15) is 0 Å². The Morgan fingerprint density at radius 3 is 2.50 bits per heavy atom. The first-order valence-electron chi connectivity index (χ1n) is 6.67. The molecule has 0 amide bonds. The lowest BCUT2D eigenvalue weighted by atomic mass is 9.81. The zero-order valence-corrected chi connectivity index (χ0v) is 11.8. The summed E-state index contributed by atoms with van der Waals surface area (Å²) in [6.45, 7) is 7.36. The van der Waals surface area contributed by atoms with Gasteiger partial charge in [-0.15, -0.1) is 0 Å². The molecule has 0 atom stereocenters. The zero-order chi connectivity index (χ0) is 13.3. The highest BCUT2D eigenvalue weighted by Crippen LogP contribution is 2.35. The molecule has 100 valence electrons. The van der Waals surface area contributed by atoms with E-state index in [2.05, 4.69) is 32.2 Å². The average molecular weight is 248 g/mol. The van der Waals surface area contributed by atoms with E-state index in [0.717, 1.165) is 30.8 Å². The molecule has 0 unspecified atom stereocenters. The second-order valence-corrected chi connectivity index (χ2v) is 5.52. The van der Waals surface area contributed by atoms with Crippen LogP contribution in [-0.4, -0.2) is 19.7 Å². The van der Waals surface area contributed by atoms with Gasteiger partial charge in [0.1, 0.15) is 5.75 Å². The van der Waals surface area contributed by atoms with Gasteiger partial charge in [-0.2, -0.15) is 0 Å². The fraction of sp³-hybridized carbons (Fsp3) is 0.600. The maximum absolute atomic E-state index is 5.82. The number of nitrogens with two attached hydrogens (primary N) is 1. The standard InChI is InChI=1S/C15H24N2O/c1-9-5-10(2)14(15(18-4)11(9)3)17-8-12-6-13(16)7-12/h5,12-13,17H,6-8,16H2,1-4H3. The Hall–Kier alpha value is -1.22. The lowest BCUT2D eigenvalue weighted by Crippen LogP contribution is -2.39. The zero-order valence-electron chi connectivity index (χ0n) is 11.8. The predicted octanol–water partition coefficient (Wildman–Crippen LogP) is 2.77. The molecule has 1 aliphatic rings. The molecule has 3 N–H and O–H groups in total. The first-order valence-corrected chi connectivity index (χ1v) is 6.67. The van der Waals surface area contributed by atoms with Crippen LogP contribution in [-0.2, 0) is 0 Å². The molecule has 1 saturated carbocycles. The summed E-state index contributed by atoms with van der Waals surface area (Å²) in [5.41, 5.74) is 10.7. The second kappa shape index (κ2) is 5.19. The van der Waals surface area contributed by atoms with E-state index in [4.69, 9.17) is 10.5 Å². The van der Waals surface area contributed by atoms with Crippen LogP contribution >= 0.6 is 0 Å². The Balaban J connectivity index is 2.13. The predicted molar refractivity (Wildman–Crippen MR) is 76.4 cm³/mol. The van der Waals surface area contributed by atoms with Gasteiger partial charge < -0.3 is 15.8 Å². The molecule has 0 spiro atoms. The van der Waals surface area contributed by atoms with E-state index in [0.29, 0.717) is 12.0 Å². The van der Waals surface area contributed by atoms with Crippen molar-refractivity contribution in [2.24, 2.45) is 11.7 Å². The number of hydrogen-bond acceptors (Lipinski definition) is 3. The summed E-state index contributed by atoms with van der Waals surface area (Å²) in [7, 11) is 1.74. The number of hydrogen-bond donors (Lipinski definition) is 2. The fourth-order valence-electron chi connectivity index (χ4n) is 2.73. The Bertz CT molecular complexity index is 437. The van der Waals surface area contributed by atoms with Crippen LogP contribution in [0.15, 0.2) is 6.07 Å². The van der Waals surface area contributed by atoms with Gasteiger partial charge in [0.15, 0.2) is 0 Å². The Kier molecular flexibility index (Phi) is 3.81. The van der Waals surface area contributed by atoms with Crippen LogP contribution in [0, 0.1) is 26.7 Å². The molecule has 0 aliphatic heterocycles. The van der Waals surface area contributed by atoms with Crippen LogP contribution in [0.3, 0.4) is 0 Å². The summed E-state index contributed by atoms with van der Waals surface area (Å²) in [5, 5.41) is 3.54. The molecule has 1 aromatic carbocycles. The van der Waals surface area contributed by atoms with Gasteiger partial charge >= 0.3 is 0 Å². The van der Waals surface area contributed by atoms with E-state index < -0.39 is 0 Å². The maximum Gasteiger partial charge on any atom is 0.145 e. The third-order valence-electron chi connectivity index (χ3n) is 4.03. The summed E-state index contributed by atoms with van der Waals surface area (Å²) in [6, 6.07) is 2.63. The molecule has 3 heteroatoms. The summed E-state index contributed by atoms with van der Waals surface area (Å²) >= 11 is 0. The number of rotatable bonds is 4. The van der Waals surface area contributed by atoms with Crippen molar-refractivity contribution in [1.82, 2.24) is 0 Å². The molecule has 0 heterocycles. The van der Waals surface area contributed by atoms with Gasteiger partial charge in [0.2, 0.25) is 0 Å². The molecule has 1 aromatic rings. The highest BCUT2D eigenvalue weighted by Gasteiger charge is 2.26. The number of methoxy groups -OCH3 is 1. The number of ether oxygens (including phenoxy) is 1. The summed E-state index contributed by atoms with van der Waals surface area (Å²) in [6.07, 6.45) is 2.28. The van der Waals surface area contributed by atoms with Crippen LogP contribution in [0.2, 0.25) is 0 Å². The molecule has 18 heavy (non-hydrogen) atoms. The second-order valence-electron chi connectivity index (χ2n) is 5.52. The van der Waals surface area contributed by atoms with Gasteiger partial charge in [-0.25, -0.2) is 0 Å². The molecule has 0 saturated heterocycles. The molecule has 3 nitrogen and oxygen atoms in total. The van der Waals surface area contributed by atoms with Crippen molar-refractivity contribution in [3.8, 4) is 5.75 Å². The van der Waals surface area contributed by atoms with Crippen LogP contribution in [0.5, 0.6) is 5.75 Å². The first kappa shape index (κ1) is 13.2. The fourth-order valence-corrected chi connectivity index (χ4v) is 2.73. The first-order chi connectivity index (χ1) is 8.52. The van der Waals surface area contributed by atoms with Crippen molar-refractivity contribution in [2.45, 2.75) is 39.7 Å². The van der Waals surface area contributed by atoms with Crippen molar-refractivity contribution in [1.29, 1.82) is 0 Å². The number of nitrogens with one attached hydrogen (secondary N) is 1. The van der Waals surface area contributed by atoms with E-state index in [1.54, 1.807) is 7.11 Å². The SMILES string of the molecule is COc1c(C)c(C)cc(C)c1NCC1CC(N)C1. The number of benzene rings is 1. The topological polar surface area (TPSA) is 47.3 Å². The van der Waals surface area contributed by atoms with Crippen LogP contribution in [0.4, 0.5) is 5.69 Å². The van der Waals surface area contributed by atoms with Gasteiger partial charge in [-0.3, -0.25) is 0 Å². The minimum absolute atomic E-state index is 0.416. The normalized spacial score (nSPS) is 22.5. The van der Waals surface area contributed by atoms with E-state index in [-0.39, 0.29) is 0 Å². The molecule has 0 aromatic heterocycles. The molecule has 1 aliphatic carbocycles.